The van der Waals surface area contributed by atoms with Gasteiger partial charge in [0.1, 0.15) is 5.75 Å². The van der Waals surface area contributed by atoms with E-state index in [2.05, 4.69) is 5.32 Å². The van der Waals surface area contributed by atoms with Crippen molar-refractivity contribution in [3.05, 3.63) is 54.1 Å². The zero-order chi connectivity index (χ0) is 24.3. The van der Waals surface area contributed by atoms with Crippen LogP contribution in [0, 0.1) is 0 Å². The zero-order valence-electron chi connectivity index (χ0n) is 19.0. The predicted octanol–water partition coefficient (Wildman–Crippen LogP) is 4.70. The lowest BCUT2D eigenvalue weighted by molar-refractivity contribution is -0.137. The molecular weight excluding hydrogens is 447 g/mol. The lowest BCUT2D eigenvalue weighted by Crippen LogP contribution is -2.48. The number of imide groups is 1. The molecule has 0 saturated carbocycles. The summed E-state index contributed by atoms with van der Waals surface area (Å²) in [6.07, 6.45) is -2.04. The van der Waals surface area contributed by atoms with Crippen molar-refractivity contribution in [2.24, 2.45) is 0 Å². The number of hydrogen-bond donors (Lipinski definition) is 1. The number of anilines is 2. The highest BCUT2D eigenvalue weighted by Gasteiger charge is 2.43. The Morgan fingerprint density at radius 3 is 2.41 bits per heavy atom. The van der Waals surface area contributed by atoms with Crippen molar-refractivity contribution < 1.29 is 27.5 Å². The molecule has 2 fully saturated rings. The van der Waals surface area contributed by atoms with Gasteiger partial charge in [-0.15, -0.1) is 0 Å². The van der Waals surface area contributed by atoms with Crippen LogP contribution in [0.4, 0.5) is 24.5 Å². The van der Waals surface area contributed by atoms with E-state index >= 15 is 0 Å². The van der Waals surface area contributed by atoms with E-state index in [4.69, 9.17) is 4.74 Å². The first-order chi connectivity index (χ1) is 16.3. The Labute approximate surface area is 196 Å². The van der Waals surface area contributed by atoms with Crippen molar-refractivity contribution in [2.75, 3.05) is 29.9 Å². The molecule has 2 heterocycles. The third kappa shape index (κ3) is 5.35. The highest BCUT2D eigenvalue weighted by Crippen LogP contribution is 2.32. The van der Waals surface area contributed by atoms with E-state index in [0.717, 1.165) is 18.6 Å². The van der Waals surface area contributed by atoms with Crippen LogP contribution < -0.4 is 15.0 Å². The molecule has 2 aliphatic heterocycles. The molecule has 2 saturated heterocycles. The Hall–Kier alpha value is -3.07. The molecule has 2 aliphatic rings. The van der Waals surface area contributed by atoms with Crippen LogP contribution in [-0.4, -0.2) is 48.5 Å². The molecule has 0 aromatic heterocycles. The maximum atomic E-state index is 13.1. The van der Waals surface area contributed by atoms with Crippen LogP contribution in [0.25, 0.3) is 0 Å². The summed E-state index contributed by atoms with van der Waals surface area (Å²) in [7, 11) is 0. The highest BCUT2D eigenvalue weighted by atomic mass is 19.4. The number of rotatable bonds is 7. The third-order valence-electron chi connectivity index (χ3n) is 6.22. The monoisotopic (exact) mass is 475 g/mol. The lowest BCUT2D eigenvalue weighted by atomic mass is 10.0. The normalized spacial score (nSPS) is 20.1. The molecule has 4 rings (SSSR count). The molecule has 182 valence electrons. The summed E-state index contributed by atoms with van der Waals surface area (Å²) in [5.41, 5.74) is 0.274. The molecule has 1 unspecified atom stereocenters. The molecule has 6 nitrogen and oxygen atoms in total. The van der Waals surface area contributed by atoms with E-state index < -0.39 is 17.8 Å². The van der Waals surface area contributed by atoms with Gasteiger partial charge in [0.05, 0.1) is 30.3 Å². The molecular formula is C25H28F3N3O3. The van der Waals surface area contributed by atoms with Gasteiger partial charge in [0.2, 0.25) is 5.91 Å². The number of carbonyl (C=O) groups excluding carboxylic acids is 2. The van der Waals surface area contributed by atoms with Gasteiger partial charge in [-0.2, -0.15) is 13.2 Å². The van der Waals surface area contributed by atoms with E-state index in [1.807, 2.05) is 11.8 Å². The van der Waals surface area contributed by atoms with Crippen LogP contribution in [0.5, 0.6) is 5.75 Å². The predicted molar refractivity (Wildman–Crippen MR) is 123 cm³/mol. The Morgan fingerprint density at radius 2 is 1.76 bits per heavy atom. The molecule has 2 amide bonds. The van der Waals surface area contributed by atoms with Crippen LogP contribution in [-0.2, 0) is 15.8 Å². The second-order valence-electron chi connectivity index (χ2n) is 8.66. The minimum absolute atomic E-state index is 0.00120. The molecule has 1 N–H and O–H groups in total. The maximum absolute atomic E-state index is 13.1. The number of halogens is 3. The number of ether oxygens (including phenoxy) is 1. The number of nitrogens with one attached hydrogen (secondary N) is 1. The van der Waals surface area contributed by atoms with Gasteiger partial charge in [-0.05, 0) is 61.7 Å². The average molecular weight is 476 g/mol. The fourth-order valence-electron chi connectivity index (χ4n) is 4.46. The summed E-state index contributed by atoms with van der Waals surface area (Å²) < 4.78 is 44.4. The Bertz CT molecular complexity index is 1020. The summed E-state index contributed by atoms with van der Waals surface area (Å²) in [5, 5.41) is 3.18. The number of piperidine rings is 1. The summed E-state index contributed by atoms with van der Waals surface area (Å²) in [6.45, 7) is 3.78. The topological polar surface area (TPSA) is 61.9 Å². The number of nitrogens with zero attached hydrogens (tertiary/aromatic N) is 2. The van der Waals surface area contributed by atoms with Crippen LogP contribution in [0.1, 0.15) is 38.2 Å². The van der Waals surface area contributed by atoms with Gasteiger partial charge in [-0.3, -0.25) is 14.5 Å². The van der Waals surface area contributed by atoms with E-state index in [-0.39, 0.29) is 24.3 Å². The van der Waals surface area contributed by atoms with Crippen molar-refractivity contribution in [3.8, 4) is 5.75 Å². The minimum Gasteiger partial charge on any atom is -0.494 e. The van der Waals surface area contributed by atoms with E-state index in [1.54, 1.807) is 30.3 Å². The van der Waals surface area contributed by atoms with Crippen molar-refractivity contribution >= 4 is 23.2 Å². The van der Waals surface area contributed by atoms with Gasteiger partial charge >= 0.3 is 6.18 Å². The average Bonchev–Trinajstić information content (AvgIpc) is 3.12. The van der Waals surface area contributed by atoms with E-state index in [1.165, 1.54) is 11.0 Å². The first-order valence-corrected chi connectivity index (χ1v) is 11.5. The van der Waals surface area contributed by atoms with Crippen LogP contribution >= 0.6 is 0 Å². The molecule has 2 aromatic rings. The number of likely N-dealkylation sites (tertiary alicyclic amines) is 1. The summed E-state index contributed by atoms with van der Waals surface area (Å²) >= 11 is 0. The van der Waals surface area contributed by atoms with Crippen molar-refractivity contribution in [2.45, 2.75) is 50.9 Å². The number of carbonyl (C=O) groups is 2. The third-order valence-corrected chi connectivity index (χ3v) is 6.22. The standard InChI is InChI=1S/C25H28F3N3O3/c1-2-14-34-21-8-6-20(7-9-21)31-23(32)16-22(24(31)33)30-12-10-18(11-13-30)29-19-5-3-4-17(15-19)25(26,27)28/h3-9,15,18,22,29H,2,10-14,16H2,1H3. The molecule has 34 heavy (non-hydrogen) atoms. The summed E-state index contributed by atoms with van der Waals surface area (Å²) in [4.78, 5) is 29.0. The largest absolute Gasteiger partial charge is 0.494 e. The fourth-order valence-corrected chi connectivity index (χ4v) is 4.46. The molecule has 0 radical (unpaired) electrons. The molecule has 1 atom stereocenters. The minimum atomic E-state index is -4.38. The lowest BCUT2D eigenvalue weighted by Gasteiger charge is -2.35. The van der Waals surface area contributed by atoms with E-state index in [0.29, 0.717) is 49.7 Å². The second kappa shape index (κ2) is 10.0. The van der Waals surface area contributed by atoms with Crippen LogP contribution in [0.15, 0.2) is 48.5 Å². The van der Waals surface area contributed by atoms with Crippen molar-refractivity contribution in [1.29, 1.82) is 0 Å². The second-order valence-corrected chi connectivity index (χ2v) is 8.66. The molecule has 2 aromatic carbocycles. The maximum Gasteiger partial charge on any atom is 0.416 e. The molecule has 0 bridgehead atoms. The number of alkyl halides is 3. The van der Waals surface area contributed by atoms with Gasteiger partial charge in [0, 0.05) is 24.8 Å². The van der Waals surface area contributed by atoms with E-state index in [9.17, 15) is 22.8 Å². The molecule has 0 spiro atoms. The van der Waals surface area contributed by atoms with Gasteiger partial charge < -0.3 is 10.1 Å². The van der Waals surface area contributed by atoms with Gasteiger partial charge in [0.15, 0.2) is 0 Å². The van der Waals surface area contributed by atoms with Gasteiger partial charge in [-0.25, -0.2) is 4.90 Å². The smallest absolute Gasteiger partial charge is 0.416 e. The Kier molecular flexibility index (Phi) is 7.11. The molecule has 0 aliphatic carbocycles. The quantitative estimate of drug-likeness (QED) is 0.588. The van der Waals surface area contributed by atoms with Crippen molar-refractivity contribution in [3.63, 3.8) is 0 Å². The Morgan fingerprint density at radius 1 is 1.06 bits per heavy atom. The number of hydrogen-bond acceptors (Lipinski definition) is 5. The van der Waals surface area contributed by atoms with Crippen LogP contribution in [0.3, 0.4) is 0 Å². The zero-order valence-corrected chi connectivity index (χ0v) is 19.0. The Balaban J connectivity index is 1.34. The molecule has 9 heteroatoms. The highest BCUT2D eigenvalue weighted by molar-refractivity contribution is 6.22. The SMILES string of the molecule is CCCOc1ccc(N2C(=O)CC(N3CCC(Nc4cccc(C(F)(F)F)c4)CC3)C2=O)cc1. The first kappa shape index (κ1) is 24.1. The first-order valence-electron chi connectivity index (χ1n) is 11.5. The fraction of sp³-hybridized carbons (Fsp3) is 0.440. The number of benzene rings is 2. The van der Waals surface area contributed by atoms with Gasteiger partial charge in [0.25, 0.3) is 5.91 Å². The summed E-state index contributed by atoms with van der Waals surface area (Å²) in [5.74, 6) is 0.217. The van der Waals surface area contributed by atoms with Crippen LogP contribution in [0.2, 0.25) is 0 Å². The van der Waals surface area contributed by atoms with Gasteiger partial charge in [-0.1, -0.05) is 13.0 Å². The number of amides is 2. The summed E-state index contributed by atoms with van der Waals surface area (Å²) in [6, 6.07) is 11.6. The van der Waals surface area contributed by atoms with Crippen molar-refractivity contribution in [1.82, 2.24) is 4.90 Å².